The third kappa shape index (κ3) is 1.70. The first kappa shape index (κ1) is 10.1. The first-order chi connectivity index (χ1) is 6.61. The van der Waals surface area contributed by atoms with Crippen molar-refractivity contribution >= 4 is 34.8 Å². The van der Waals surface area contributed by atoms with E-state index in [1.807, 2.05) is 0 Å². The van der Waals surface area contributed by atoms with Crippen LogP contribution in [0, 0.1) is 0 Å². The Balaban J connectivity index is 2.42. The largest absolute Gasteiger partial charge is 0.261 e. The highest BCUT2D eigenvalue weighted by molar-refractivity contribution is 6.51. The van der Waals surface area contributed by atoms with Crippen molar-refractivity contribution in [2.75, 3.05) is 0 Å². The minimum atomic E-state index is -1.04. The molecular formula is C9H7Cl3N2. The van der Waals surface area contributed by atoms with E-state index in [0.29, 0.717) is 5.03 Å². The molecule has 0 saturated carbocycles. The molecule has 2 nitrogen and oxygen atoms in total. The minimum absolute atomic E-state index is 0.354. The molecule has 2 rings (SSSR count). The van der Waals surface area contributed by atoms with E-state index in [0.717, 1.165) is 0 Å². The van der Waals surface area contributed by atoms with Crippen molar-refractivity contribution in [1.82, 2.24) is 9.78 Å². The summed E-state index contributed by atoms with van der Waals surface area (Å²) in [7, 11) is 0. The number of rotatable bonds is 1. The zero-order valence-corrected chi connectivity index (χ0v) is 9.34. The Bertz CT molecular complexity index is 379. The summed E-state index contributed by atoms with van der Waals surface area (Å²) in [6, 6.07) is 1.44. The van der Waals surface area contributed by atoms with Crippen molar-refractivity contribution < 1.29 is 0 Å². The molecule has 0 saturated heterocycles. The number of halogens is 3. The van der Waals surface area contributed by atoms with Crippen LogP contribution in [0.1, 0.15) is 6.04 Å². The molecule has 1 heterocycles. The van der Waals surface area contributed by atoms with Gasteiger partial charge in [-0.3, -0.25) is 4.68 Å². The van der Waals surface area contributed by atoms with Crippen molar-refractivity contribution in [3.05, 3.63) is 41.7 Å². The third-order valence-corrected chi connectivity index (χ3v) is 2.99. The normalized spacial score (nSPS) is 24.8. The molecule has 0 bridgehead atoms. The van der Waals surface area contributed by atoms with Crippen LogP contribution in [-0.4, -0.2) is 14.1 Å². The zero-order valence-electron chi connectivity index (χ0n) is 7.07. The van der Waals surface area contributed by atoms with E-state index >= 15 is 0 Å². The van der Waals surface area contributed by atoms with Gasteiger partial charge in [-0.05, 0) is 18.2 Å². The summed E-state index contributed by atoms with van der Waals surface area (Å²) in [6.45, 7) is 0. The summed E-state index contributed by atoms with van der Waals surface area (Å²) in [5, 5.41) is 4.65. The second kappa shape index (κ2) is 3.61. The fraction of sp³-hybridized carbons (Fsp3) is 0.222. The van der Waals surface area contributed by atoms with Gasteiger partial charge in [-0.1, -0.05) is 40.9 Å². The van der Waals surface area contributed by atoms with Gasteiger partial charge in [0, 0.05) is 17.4 Å². The monoisotopic (exact) mass is 248 g/mol. The van der Waals surface area contributed by atoms with E-state index in [9.17, 15) is 0 Å². The zero-order chi connectivity index (χ0) is 10.2. The number of nitrogens with zero attached hydrogens (tertiary/aromatic N) is 2. The van der Waals surface area contributed by atoms with Crippen LogP contribution in [0.4, 0.5) is 0 Å². The average Bonchev–Trinajstić information content (AvgIpc) is 2.55. The molecule has 1 aliphatic carbocycles. The number of alkyl halides is 2. The Morgan fingerprint density at radius 1 is 1.43 bits per heavy atom. The molecule has 0 N–H and O–H groups in total. The number of aromatic nitrogens is 2. The molecule has 5 heteroatoms. The van der Waals surface area contributed by atoms with Crippen molar-refractivity contribution in [3.63, 3.8) is 0 Å². The summed E-state index contributed by atoms with van der Waals surface area (Å²) < 4.78 is 0.597. The van der Waals surface area contributed by atoms with Gasteiger partial charge in [0.15, 0.2) is 4.33 Å². The van der Waals surface area contributed by atoms with Crippen molar-refractivity contribution in [2.45, 2.75) is 10.4 Å². The summed E-state index contributed by atoms with van der Waals surface area (Å²) in [5.74, 6) is 0. The van der Waals surface area contributed by atoms with Gasteiger partial charge in [-0.15, -0.1) is 0 Å². The first-order valence-corrected chi connectivity index (χ1v) is 5.16. The highest BCUT2D eigenvalue weighted by Gasteiger charge is 2.38. The van der Waals surface area contributed by atoms with Crippen LogP contribution in [0.25, 0.3) is 0 Å². The molecule has 1 unspecified atom stereocenters. The molecule has 0 aromatic carbocycles. The van der Waals surface area contributed by atoms with Gasteiger partial charge in [-0.25, -0.2) is 0 Å². The van der Waals surface area contributed by atoms with E-state index in [-0.39, 0.29) is 6.04 Å². The van der Waals surface area contributed by atoms with Gasteiger partial charge < -0.3 is 0 Å². The number of hydrogen-bond donors (Lipinski definition) is 0. The first-order valence-electron chi connectivity index (χ1n) is 4.03. The molecule has 1 aromatic heterocycles. The molecule has 1 aromatic rings. The van der Waals surface area contributed by atoms with Crippen LogP contribution >= 0.6 is 34.8 Å². The molecule has 74 valence electrons. The molecule has 0 radical (unpaired) electrons. The van der Waals surface area contributed by atoms with Crippen LogP contribution in [0.3, 0.4) is 0 Å². The third-order valence-electron chi connectivity index (χ3n) is 1.99. The molecule has 1 aliphatic rings. The van der Waals surface area contributed by atoms with Crippen molar-refractivity contribution in [2.24, 2.45) is 0 Å². The van der Waals surface area contributed by atoms with Gasteiger partial charge >= 0.3 is 0 Å². The number of hydrogen-bond acceptors (Lipinski definition) is 1. The summed E-state index contributed by atoms with van der Waals surface area (Å²) in [4.78, 5) is 0. The van der Waals surface area contributed by atoms with E-state index in [2.05, 4.69) is 5.10 Å². The molecule has 0 amide bonds. The van der Waals surface area contributed by atoms with Crippen LogP contribution in [-0.2, 0) is 0 Å². The quantitative estimate of drug-likeness (QED) is 0.698. The van der Waals surface area contributed by atoms with Crippen LogP contribution in [0.5, 0.6) is 0 Å². The lowest BCUT2D eigenvalue weighted by Crippen LogP contribution is -2.29. The molecule has 0 fully saturated rings. The summed E-state index contributed by atoms with van der Waals surface area (Å²) in [5.41, 5.74) is 0. The van der Waals surface area contributed by atoms with Gasteiger partial charge in [0.05, 0.1) is 0 Å². The van der Waals surface area contributed by atoms with Crippen molar-refractivity contribution in [3.8, 4) is 0 Å². The Hall–Kier alpha value is -0.440. The predicted octanol–water partition coefficient (Wildman–Crippen LogP) is 3.29. The molecule has 1 atom stereocenters. The maximum atomic E-state index is 6.12. The Labute approximate surface area is 96.8 Å². The van der Waals surface area contributed by atoms with Gasteiger partial charge in [0.1, 0.15) is 6.04 Å². The van der Waals surface area contributed by atoms with E-state index in [1.165, 1.54) is 0 Å². The smallest absolute Gasteiger partial charge is 0.163 e. The van der Waals surface area contributed by atoms with Gasteiger partial charge in [-0.2, -0.15) is 5.10 Å². The fourth-order valence-corrected chi connectivity index (χ4v) is 2.41. The Kier molecular flexibility index (Phi) is 2.60. The highest BCUT2D eigenvalue weighted by Crippen LogP contribution is 2.43. The second-order valence-electron chi connectivity index (χ2n) is 2.97. The number of allylic oxidation sites excluding steroid dienone is 4. The van der Waals surface area contributed by atoms with Crippen LogP contribution in [0.15, 0.2) is 41.7 Å². The Morgan fingerprint density at radius 3 is 2.79 bits per heavy atom. The molecule has 0 spiro atoms. The van der Waals surface area contributed by atoms with E-state index in [1.54, 1.807) is 41.4 Å². The maximum Gasteiger partial charge on any atom is 0.163 e. The fourth-order valence-electron chi connectivity index (χ4n) is 1.37. The standard InChI is InChI=1S/C9H7Cl3N2/c10-7-3-1-4-9(11,12)8(7)14-6-2-5-13-14/h1-6,8H. The SMILES string of the molecule is ClC1=CC=CC(Cl)(Cl)C1n1cccn1. The lowest BCUT2D eigenvalue weighted by Gasteiger charge is -2.29. The van der Waals surface area contributed by atoms with Gasteiger partial charge in [0.2, 0.25) is 0 Å². The highest BCUT2D eigenvalue weighted by atomic mass is 35.5. The molecule has 14 heavy (non-hydrogen) atoms. The summed E-state index contributed by atoms with van der Waals surface area (Å²) >= 11 is 18.3. The molecular weight excluding hydrogens is 242 g/mol. The van der Waals surface area contributed by atoms with E-state index < -0.39 is 4.33 Å². The Morgan fingerprint density at radius 2 is 2.21 bits per heavy atom. The second-order valence-corrected chi connectivity index (χ2v) is 4.85. The maximum absolute atomic E-state index is 6.12. The topological polar surface area (TPSA) is 17.8 Å². The lowest BCUT2D eigenvalue weighted by molar-refractivity contribution is 0.513. The van der Waals surface area contributed by atoms with E-state index in [4.69, 9.17) is 34.8 Å². The van der Waals surface area contributed by atoms with Gasteiger partial charge in [0.25, 0.3) is 0 Å². The average molecular weight is 250 g/mol. The summed E-state index contributed by atoms with van der Waals surface area (Å²) in [6.07, 6.45) is 8.62. The van der Waals surface area contributed by atoms with Crippen LogP contribution < -0.4 is 0 Å². The molecule has 0 aliphatic heterocycles. The predicted molar refractivity (Wildman–Crippen MR) is 58.8 cm³/mol. The minimum Gasteiger partial charge on any atom is -0.261 e. The van der Waals surface area contributed by atoms with Crippen LogP contribution in [0.2, 0.25) is 0 Å². The van der Waals surface area contributed by atoms with Crippen molar-refractivity contribution in [1.29, 1.82) is 0 Å². The lowest BCUT2D eigenvalue weighted by atomic mass is 10.1.